The summed E-state index contributed by atoms with van der Waals surface area (Å²) in [6.45, 7) is 5.03. The van der Waals surface area contributed by atoms with Crippen molar-refractivity contribution in [1.82, 2.24) is 15.1 Å². The number of aryl methyl sites for hydroxylation is 1. The van der Waals surface area contributed by atoms with Gasteiger partial charge < -0.3 is 14.8 Å². The first-order valence-corrected chi connectivity index (χ1v) is 5.66. The Balaban J connectivity index is 1.67. The van der Waals surface area contributed by atoms with E-state index in [2.05, 4.69) is 17.3 Å². The van der Waals surface area contributed by atoms with Crippen molar-refractivity contribution in [3.05, 3.63) is 18.0 Å². The molecule has 90 valence electrons. The molecular formula is C11H19N3O2. The van der Waals surface area contributed by atoms with Crippen molar-refractivity contribution in [2.45, 2.75) is 25.7 Å². The van der Waals surface area contributed by atoms with Gasteiger partial charge in [0, 0.05) is 26.3 Å². The number of nitrogens with zero attached hydrogens (tertiary/aromatic N) is 2. The smallest absolute Gasteiger partial charge is 0.0936 e. The van der Waals surface area contributed by atoms with Crippen LogP contribution in [0.15, 0.2) is 12.3 Å². The highest BCUT2D eigenvalue weighted by Gasteiger charge is 2.18. The normalized spacial score (nSPS) is 25.9. The highest BCUT2D eigenvalue weighted by Crippen LogP contribution is 2.05. The molecule has 0 bridgehead atoms. The predicted octanol–water partition coefficient (Wildman–Crippen LogP) is 0.314. The summed E-state index contributed by atoms with van der Waals surface area (Å²) < 4.78 is 13.1. The highest BCUT2D eigenvalue weighted by atomic mass is 16.5. The lowest BCUT2D eigenvalue weighted by Gasteiger charge is -2.28. The molecule has 0 aliphatic carbocycles. The molecule has 0 saturated carbocycles. The van der Waals surface area contributed by atoms with E-state index in [4.69, 9.17) is 9.47 Å². The van der Waals surface area contributed by atoms with Gasteiger partial charge in [-0.2, -0.15) is 5.10 Å². The van der Waals surface area contributed by atoms with Crippen LogP contribution in [0.2, 0.25) is 0 Å². The molecule has 5 nitrogen and oxygen atoms in total. The molecule has 2 unspecified atom stereocenters. The molecule has 2 rings (SSSR count). The second-order valence-electron chi connectivity index (χ2n) is 4.22. The number of rotatable bonds is 4. The fraction of sp³-hybridized carbons (Fsp3) is 0.727. The summed E-state index contributed by atoms with van der Waals surface area (Å²) in [5, 5.41) is 7.56. The highest BCUT2D eigenvalue weighted by molar-refractivity contribution is 4.96. The van der Waals surface area contributed by atoms with Crippen LogP contribution in [0.5, 0.6) is 0 Å². The second-order valence-corrected chi connectivity index (χ2v) is 4.22. The minimum Gasteiger partial charge on any atom is -0.372 e. The van der Waals surface area contributed by atoms with Gasteiger partial charge in [-0.1, -0.05) is 0 Å². The molecule has 1 aliphatic heterocycles. The Morgan fingerprint density at radius 2 is 2.50 bits per heavy atom. The van der Waals surface area contributed by atoms with Crippen LogP contribution in [-0.4, -0.2) is 41.7 Å². The molecule has 1 saturated heterocycles. The summed E-state index contributed by atoms with van der Waals surface area (Å²) >= 11 is 0. The largest absolute Gasteiger partial charge is 0.372 e. The number of hydrogen-bond donors (Lipinski definition) is 1. The van der Waals surface area contributed by atoms with Crippen LogP contribution >= 0.6 is 0 Å². The lowest BCUT2D eigenvalue weighted by molar-refractivity contribution is -0.0720. The summed E-state index contributed by atoms with van der Waals surface area (Å²) in [5.41, 5.74) is 0.958. The maximum absolute atomic E-state index is 5.72. The van der Waals surface area contributed by atoms with Crippen molar-refractivity contribution in [3.63, 3.8) is 0 Å². The zero-order chi connectivity index (χ0) is 11.4. The van der Waals surface area contributed by atoms with Gasteiger partial charge in [-0.05, 0) is 13.0 Å². The average molecular weight is 225 g/mol. The van der Waals surface area contributed by atoms with Crippen LogP contribution in [0.1, 0.15) is 12.6 Å². The van der Waals surface area contributed by atoms with Gasteiger partial charge in [0.25, 0.3) is 0 Å². The first-order valence-electron chi connectivity index (χ1n) is 5.66. The predicted molar refractivity (Wildman–Crippen MR) is 60.1 cm³/mol. The van der Waals surface area contributed by atoms with E-state index in [1.54, 1.807) is 4.68 Å². The Morgan fingerprint density at radius 3 is 3.19 bits per heavy atom. The van der Waals surface area contributed by atoms with E-state index in [0.717, 1.165) is 18.8 Å². The molecule has 5 heteroatoms. The van der Waals surface area contributed by atoms with E-state index >= 15 is 0 Å². The molecule has 0 amide bonds. The minimum atomic E-state index is 0.160. The third kappa shape index (κ3) is 3.30. The Bertz CT molecular complexity index is 327. The summed E-state index contributed by atoms with van der Waals surface area (Å²) in [6.07, 6.45) is 2.35. The van der Waals surface area contributed by atoms with Crippen LogP contribution in [-0.2, 0) is 23.1 Å². The van der Waals surface area contributed by atoms with Crippen LogP contribution in [0, 0.1) is 0 Å². The molecule has 0 aromatic carbocycles. The SMILES string of the molecule is CC1CNCC(COCc2ccn(C)n2)O1. The fourth-order valence-electron chi connectivity index (χ4n) is 1.81. The van der Waals surface area contributed by atoms with Crippen molar-refractivity contribution in [2.75, 3.05) is 19.7 Å². The molecule has 1 fully saturated rings. The van der Waals surface area contributed by atoms with Gasteiger partial charge in [0.15, 0.2) is 0 Å². The van der Waals surface area contributed by atoms with Gasteiger partial charge in [0.05, 0.1) is 31.1 Å². The molecule has 16 heavy (non-hydrogen) atoms. The van der Waals surface area contributed by atoms with Crippen LogP contribution in [0.25, 0.3) is 0 Å². The van der Waals surface area contributed by atoms with E-state index in [9.17, 15) is 0 Å². The summed E-state index contributed by atoms with van der Waals surface area (Å²) in [5.74, 6) is 0. The third-order valence-electron chi connectivity index (χ3n) is 2.55. The molecule has 1 aliphatic rings. The Hall–Kier alpha value is -0.910. The molecule has 2 heterocycles. The van der Waals surface area contributed by atoms with Gasteiger partial charge >= 0.3 is 0 Å². The first kappa shape index (κ1) is 11.6. The summed E-state index contributed by atoms with van der Waals surface area (Å²) in [4.78, 5) is 0. The third-order valence-corrected chi connectivity index (χ3v) is 2.55. The quantitative estimate of drug-likeness (QED) is 0.801. The van der Waals surface area contributed by atoms with Gasteiger partial charge in [-0.15, -0.1) is 0 Å². The zero-order valence-corrected chi connectivity index (χ0v) is 9.85. The minimum absolute atomic E-state index is 0.160. The molecule has 2 atom stereocenters. The molecular weight excluding hydrogens is 206 g/mol. The van der Waals surface area contributed by atoms with E-state index in [0.29, 0.717) is 13.2 Å². The Labute approximate surface area is 95.7 Å². The molecule has 0 spiro atoms. The lowest BCUT2D eigenvalue weighted by atomic mass is 10.2. The molecule has 1 aromatic rings. The first-order chi connectivity index (χ1) is 7.74. The standard InChI is InChI=1S/C11H19N3O2/c1-9-5-12-6-11(16-9)8-15-7-10-3-4-14(2)13-10/h3-4,9,11-12H,5-8H2,1-2H3. The maximum atomic E-state index is 5.72. The van der Waals surface area contributed by atoms with Crippen molar-refractivity contribution in [2.24, 2.45) is 7.05 Å². The van der Waals surface area contributed by atoms with E-state index in [-0.39, 0.29) is 12.2 Å². The molecule has 0 radical (unpaired) electrons. The number of aromatic nitrogens is 2. The summed E-state index contributed by atoms with van der Waals surface area (Å²) in [6, 6.07) is 1.96. The fourth-order valence-corrected chi connectivity index (χ4v) is 1.81. The zero-order valence-electron chi connectivity index (χ0n) is 9.85. The Morgan fingerprint density at radius 1 is 1.62 bits per heavy atom. The van der Waals surface area contributed by atoms with Crippen LogP contribution in [0.3, 0.4) is 0 Å². The van der Waals surface area contributed by atoms with Crippen LogP contribution in [0.4, 0.5) is 0 Å². The van der Waals surface area contributed by atoms with Gasteiger partial charge in [0.1, 0.15) is 0 Å². The number of morpholine rings is 1. The van der Waals surface area contributed by atoms with Crippen molar-refractivity contribution in [1.29, 1.82) is 0 Å². The monoisotopic (exact) mass is 225 g/mol. The summed E-state index contributed by atoms with van der Waals surface area (Å²) in [7, 11) is 1.90. The maximum Gasteiger partial charge on any atom is 0.0936 e. The van der Waals surface area contributed by atoms with E-state index in [1.165, 1.54) is 0 Å². The van der Waals surface area contributed by atoms with E-state index in [1.807, 2.05) is 19.3 Å². The molecule has 1 N–H and O–H groups in total. The second kappa shape index (κ2) is 5.43. The number of nitrogens with one attached hydrogen (secondary N) is 1. The number of ether oxygens (including phenoxy) is 2. The van der Waals surface area contributed by atoms with Crippen LogP contribution < -0.4 is 5.32 Å². The molecule has 1 aromatic heterocycles. The van der Waals surface area contributed by atoms with Crippen molar-refractivity contribution < 1.29 is 9.47 Å². The van der Waals surface area contributed by atoms with Gasteiger partial charge in [-0.25, -0.2) is 0 Å². The number of hydrogen-bond acceptors (Lipinski definition) is 4. The van der Waals surface area contributed by atoms with Gasteiger partial charge in [0.2, 0.25) is 0 Å². The topological polar surface area (TPSA) is 48.3 Å². The van der Waals surface area contributed by atoms with Gasteiger partial charge in [-0.3, -0.25) is 4.68 Å². The van der Waals surface area contributed by atoms with E-state index < -0.39 is 0 Å². The van der Waals surface area contributed by atoms with Crippen molar-refractivity contribution >= 4 is 0 Å². The average Bonchev–Trinajstić information content (AvgIpc) is 2.64. The Kier molecular flexibility index (Phi) is 3.93. The van der Waals surface area contributed by atoms with Crippen molar-refractivity contribution in [3.8, 4) is 0 Å². The lowest BCUT2D eigenvalue weighted by Crippen LogP contribution is -2.45.